The molecule has 1 aliphatic heterocycles. The van der Waals surface area contributed by atoms with Crippen LogP contribution in [0.5, 0.6) is 0 Å². The molecule has 2 rings (SSSR count). The van der Waals surface area contributed by atoms with Gasteiger partial charge in [0, 0.05) is 31.0 Å². The van der Waals surface area contributed by atoms with Crippen LogP contribution in [0.1, 0.15) is 24.6 Å². The van der Waals surface area contributed by atoms with E-state index in [1.165, 1.54) is 11.3 Å². The molecule has 1 atom stereocenters. The standard InChI is InChI=1S/C12H19NO3S2/c1-2-10-5-7-13(9-10)18(15,16)12-4-3-11(17-12)6-8-14/h3-4,10,14H,2,5-9H2,1H3. The van der Waals surface area contributed by atoms with Crippen molar-refractivity contribution < 1.29 is 13.5 Å². The van der Waals surface area contributed by atoms with Crippen molar-refractivity contribution in [2.24, 2.45) is 5.92 Å². The highest BCUT2D eigenvalue weighted by molar-refractivity contribution is 7.91. The third-order valence-corrected chi connectivity index (χ3v) is 6.89. The zero-order chi connectivity index (χ0) is 13.2. The molecule has 1 N–H and O–H groups in total. The number of nitrogens with zero attached hydrogens (tertiary/aromatic N) is 1. The van der Waals surface area contributed by atoms with E-state index in [-0.39, 0.29) is 6.61 Å². The average Bonchev–Trinajstić information content (AvgIpc) is 2.98. The Labute approximate surface area is 112 Å². The Balaban J connectivity index is 2.15. The molecule has 0 spiro atoms. The predicted octanol–water partition coefficient (Wildman–Crippen LogP) is 1.70. The van der Waals surface area contributed by atoms with Gasteiger partial charge in [-0.2, -0.15) is 4.31 Å². The maximum atomic E-state index is 12.4. The van der Waals surface area contributed by atoms with Crippen LogP contribution in [0.15, 0.2) is 16.3 Å². The minimum atomic E-state index is -3.31. The van der Waals surface area contributed by atoms with E-state index in [0.29, 0.717) is 29.6 Å². The lowest BCUT2D eigenvalue weighted by Gasteiger charge is -2.14. The molecule has 0 saturated carbocycles. The lowest BCUT2D eigenvalue weighted by molar-refractivity contribution is 0.300. The van der Waals surface area contributed by atoms with E-state index in [9.17, 15) is 8.42 Å². The molecule has 0 amide bonds. The third kappa shape index (κ3) is 2.77. The van der Waals surface area contributed by atoms with Crippen molar-refractivity contribution in [3.05, 3.63) is 17.0 Å². The van der Waals surface area contributed by atoms with Crippen LogP contribution in [-0.4, -0.2) is 37.5 Å². The first-order valence-electron chi connectivity index (χ1n) is 6.27. The van der Waals surface area contributed by atoms with Gasteiger partial charge in [-0.05, 0) is 24.5 Å². The largest absolute Gasteiger partial charge is 0.396 e. The van der Waals surface area contributed by atoms with E-state index in [4.69, 9.17) is 5.11 Å². The Morgan fingerprint density at radius 1 is 1.50 bits per heavy atom. The van der Waals surface area contributed by atoms with Crippen molar-refractivity contribution in [1.29, 1.82) is 0 Å². The third-order valence-electron chi connectivity index (χ3n) is 3.42. The molecule has 1 fully saturated rings. The van der Waals surface area contributed by atoms with Gasteiger partial charge in [-0.25, -0.2) is 8.42 Å². The van der Waals surface area contributed by atoms with Crippen LogP contribution in [0.4, 0.5) is 0 Å². The van der Waals surface area contributed by atoms with Crippen LogP contribution in [-0.2, 0) is 16.4 Å². The van der Waals surface area contributed by atoms with Gasteiger partial charge >= 0.3 is 0 Å². The fraction of sp³-hybridized carbons (Fsp3) is 0.667. The summed E-state index contributed by atoms with van der Waals surface area (Å²) >= 11 is 1.27. The summed E-state index contributed by atoms with van der Waals surface area (Å²) in [5.41, 5.74) is 0. The fourth-order valence-electron chi connectivity index (χ4n) is 2.22. The monoisotopic (exact) mass is 289 g/mol. The topological polar surface area (TPSA) is 57.6 Å². The Hall–Kier alpha value is -0.430. The molecule has 2 heterocycles. The SMILES string of the molecule is CCC1CCN(S(=O)(=O)c2ccc(CCO)s2)C1. The smallest absolute Gasteiger partial charge is 0.252 e. The second kappa shape index (κ2) is 5.69. The molecule has 1 saturated heterocycles. The number of rotatable bonds is 5. The summed E-state index contributed by atoms with van der Waals surface area (Å²) < 4.78 is 26.8. The number of hydrogen-bond acceptors (Lipinski definition) is 4. The molecule has 1 aromatic heterocycles. The zero-order valence-corrected chi connectivity index (χ0v) is 12.1. The van der Waals surface area contributed by atoms with Crippen LogP contribution < -0.4 is 0 Å². The van der Waals surface area contributed by atoms with Crippen LogP contribution in [0, 0.1) is 5.92 Å². The normalized spacial score (nSPS) is 21.6. The van der Waals surface area contributed by atoms with Gasteiger partial charge in [-0.1, -0.05) is 13.3 Å². The molecule has 0 radical (unpaired) electrons. The van der Waals surface area contributed by atoms with Crippen LogP contribution in [0.2, 0.25) is 0 Å². The Morgan fingerprint density at radius 2 is 2.28 bits per heavy atom. The summed E-state index contributed by atoms with van der Waals surface area (Å²) in [5.74, 6) is 0.497. The van der Waals surface area contributed by atoms with Gasteiger partial charge in [0.2, 0.25) is 0 Å². The molecule has 0 aliphatic carbocycles. The summed E-state index contributed by atoms with van der Waals surface area (Å²) in [6, 6.07) is 3.45. The minimum absolute atomic E-state index is 0.0572. The van der Waals surface area contributed by atoms with E-state index in [0.717, 1.165) is 17.7 Å². The van der Waals surface area contributed by atoms with Crippen molar-refractivity contribution in [3.63, 3.8) is 0 Å². The maximum Gasteiger partial charge on any atom is 0.252 e. The molecule has 18 heavy (non-hydrogen) atoms. The summed E-state index contributed by atoms with van der Waals surface area (Å²) in [5, 5.41) is 8.86. The summed E-state index contributed by atoms with van der Waals surface area (Å²) in [4.78, 5) is 0.919. The highest BCUT2D eigenvalue weighted by Crippen LogP contribution is 2.29. The Morgan fingerprint density at radius 3 is 2.89 bits per heavy atom. The molecule has 1 aliphatic rings. The van der Waals surface area contributed by atoms with Crippen molar-refractivity contribution in [1.82, 2.24) is 4.31 Å². The van der Waals surface area contributed by atoms with Gasteiger partial charge < -0.3 is 5.11 Å². The lowest BCUT2D eigenvalue weighted by atomic mass is 10.1. The first kappa shape index (κ1) is 14.0. The van der Waals surface area contributed by atoms with Gasteiger partial charge in [0.1, 0.15) is 4.21 Å². The van der Waals surface area contributed by atoms with E-state index < -0.39 is 10.0 Å². The molecular weight excluding hydrogens is 270 g/mol. The van der Waals surface area contributed by atoms with Gasteiger partial charge in [0.05, 0.1) is 0 Å². The number of sulfonamides is 1. The summed E-state index contributed by atoms with van der Waals surface area (Å²) in [6.45, 7) is 3.44. The predicted molar refractivity (Wildman–Crippen MR) is 72.3 cm³/mol. The second-order valence-corrected chi connectivity index (χ2v) is 7.95. The van der Waals surface area contributed by atoms with E-state index in [1.807, 2.05) is 0 Å². The van der Waals surface area contributed by atoms with Gasteiger partial charge in [-0.3, -0.25) is 0 Å². The van der Waals surface area contributed by atoms with Gasteiger partial charge in [0.25, 0.3) is 10.0 Å². The highest BCUT2D eigenvalue weighted by Gasteiger charge is 2.32. The van der Waals surface area contributed by atoms with Gasteiger partial charge in [-0.15, -0.1) is 11.3 Å². The average molecular weight is 289 g/mol. The zero-order valence-electron chi connectivity index (χ0n) is 10.5. The quantitative estimate of drug-likeness (QED) is 0.897. The molecular formula is C12H19NO3S2. The second-order valence-electron chi connectivity index (χ2n) is 4.62. The minimum Gasteiger partial charge on any atom is -0.396 e. The number of thiophene rings is 1. The number of aliphatic hydroxyl groups is 1. The van der Waals surface area contributed by atoms with Crippen LogP contribution in [0.25, 0.3) is 0 Å². The molecule has 4 nitrogen and oxygen atoms in total. The van der Waals surface area contributed by atoms with Crippen LogP contribution >= 0.6 is 11.3 Å². The molecule has 102 valence electrons. The highest BCUT2D eigenvalue weighted by atomic mass is 32.2. The van der Waals surface area contributed by atoms with Crippen molar-refractivity contribution >= 4 is 21.4 Å². The molecule has 0 aromatic carbocycles. The Bertz CT molecular complexity index is 495. The van der Waals surface area contributed by atoms with Crippen molar-refractivity contribution in [2.75, 3.05) is 19.7 Å². The van der Waals surface area contributed by atoms with Crippen LogP contribution in [0.3, 0.4) is 0 Å². The first-order valence-corrected chi connectivity index (χ1v) is 8.53. The van der Waals surface area contributed by atoms with Crippen molar-refractivity contribution in [2.45, 2.75) is 30.4 Å². The van der Waals surface area contributed by atoms with E-state index in [1.54, 1.807) is 16.4 Å². The summed E-state index contributed by atoms with van der Waals surface area (Å²) in [6.07, 6.45) is 2.52. The Kier molecular flexibility index (Phi) is 4.42. The van der Waals surface area contributed by atoms with Gasteiger partial charge in [0.15, 0.2) is 0 Å². The molecule has 0 bridgehead atoms. The van der Waals surface area contributed by atoms with Crippen molar-refractivity contribution in [3.8, 4) is 0 Å². The molecule has 6 heteroatoms. The van der Waals surface area contributed by atoms with E-state index >= 15 is 0 Å². The number of aliphatic hydroxyl groups excluding tert-OH is 1. The fourth-order valence-corrected chi connectivity index (χ4v) is 5.25. The molecule has 1 aromatic rings. The molecule has 1 unspecified atom stereocenters. The maximum absolute atomic E-state index is 12.4. The summed E-state index contributed by atoms with van der Waals surface area (Å²) in [7, 11) is -3.31. The first-order chi connectivity index (χ1) is 8.57. The van der Waals surface area contributed by atoms with E-state index in [2.05, 4.69) is 6.92 Å². The lowest BCUT2D eigenvalue weighted by Crippen LogP contribution is -2.28. The number of hydrogen-bond donors (Lipinski definition) is 1.